The number of hydrogen-bond acceptors (Lipinski definition) is 6. The lowest BCUT2D eigenvalue weighted by Gasteiger charge is -2.39. The van der Waals surface area contributed by atoms with Gasteiger partial charge in [0.1, 0.15) is 17.2 Å². The van der Waals surface area contributed by atoms with Crippen LogP contribution in [0.25, 0.3) is 0 Å². The van der Waals surface area contributed by atoms with Crippen molar-refractivity contribution in [1.82, 2.24) is 9.97 Å². The molecule has 0 aromatic carbocycles. The molecule has 0 bridgehead atoms. The second-order valence-corrected chi connectivity index (χ2v) is 6.19. The van der Waals surface area contributed by atoms with Crippen LogP contribution in [0.2, 0.25) is 0 Å². The minimum Gasteiger partial charge on any atom is -0.357 e. The lowest BCUT2D eigenvalue weighted by molar-refractivity contribution is -0.178. The van der Waals surface area contributed by atoms with E-state index in [0.29, 0.717) is 6.04 Å². The normalized spacial score (nSPS) is 22.3. The van der Waals surface area contributed by atoms with Gasteiger partial charge >= 0.3 is 0 Å². The summed E-state index contributed by atoms with van der Waals surface area (Å²) in [5, 5.41) is 1.01. The summed E-state index contributed by atoms with van der Waals surface area (Å²) in [7, 11) is 2.12. The molecule has 2 heterocycles. The number of hydrogen-bond donors (Lipinski definition) is 0. The Balaban J connectivity index is 1.64. The fourth-order valence-corrected chi connectivity index (χ4v) is 3.41. The summed E-state index contributed by atoms with van der Waals surface area (Å²) in [5.74, 6) is 0.714. The van der Waals surface area contributed by atoms with Crippen LogP contribution in [0, 0.1) is 0 Å². The Morgan fingerprint density at radius 1 is 1.25 bits per heavy atom. The van der Waals surface area contributed by atoms with E-state index in [0.717, 1.165) is 49.7 Å². The molecule has 6 heteroatoms. The zero-order valence-electron chi connectivity index (χ0n) is 12.0. The molecule has 1 saturated heterocycles. The van der Waals surface area contributed by atoms with E-state index in [1.165, 1.54) is 0 Å². The smallest absolute Gasteiger partial charge is 0.168 e. The fourth-order valence-electron chi connectivity index (χ4n) is 3.04. The molecular weight excluding hydrogens is 274 g/mol. The average Bonchev–Trinajstić information content (AvgIpc) is 2.96. The second kappa shape index (κ2) is 5.87. The summed E-state index contributed by atoms with van der Waals surface area (Å²) >= 11 is 1.64. The lowest BCUT2D eigenvalue weighted by Crippen LogP contribution is -2.43. The van der Waals surface area contributed by atoms with Gasteiger partial charge in [-0.1, -0.05) is 0 Å². The van der Waals surface area contributed by atoms with Crippen molar-refractivity contribution in [2.24, 2.45) is 0 Å². The standard InChI is InChI=1S/C14H21N3O2S/c1-17(12-9-13(20-2)16-10-15-12)11-3-5-14(6-4-11)18-7-8-19-14/h9-11H,3-8H2,1-2H3. The van der Waals surface area contributed by atoms with Gasteiger partial charge in [0.15, 0.2) is 5.79 Å². The van der Waals surface area contributed by atoms with Gasteiger partial charge in [0, 0.05) is 32.0 Å². The van der Waals surface area contributed by atoms with E-state index in [1.807, 2.05) is 6.26 Å². The predicted octanol–water partition coefficient (Wildman–Crippen LogP) is 2.32. The molecule has 1 saturated carbocycles. The van der Waals surface area contributed by atoms with Crippen molar-refractivity contribution in [2.75, 3.05) is 31.4 Å². The van der Waals surface area contributed by atoms with E-state index in [2.05, 4.69) is 28.0 Å². The van der Waals surface area contributed by atoms with Crippen molar-refractivity contribution < 1.29 is 9.47 Å². The lowest BCUT2D eigenvalue weighted by atomic mass is 9.89. The maximum atomic E-state index is 5.78. The van der Waals surface area contributed by atoms with Gasteiger partial charge in [-0.15, -0.1) is 11.8 Å². The van der Waals surface area contributed by atoms with Gasteiger partial charge in [-0.05, 0) is 19.1 Å². The number of anilines is 1. The van der Waals surface area contributed by atoms with Crippen LogP contribution < -0.4 is 4.90 Å². The number of nitrogens with zero attached hydrogens (tertiary/aromatic N) is 3. The Bertz CT molecular complexity index is 455. The van der Waals surface area contributed by atoms with E-state index in [1.54, 1.807) is 18.1 Å². The molecule has 5 nitrogen and oxygen atoms in total. The van der Waals surface area contributed by atoms with Crippen molar-refractivity contribution in [2.45, 2.75) is 42.5 Å². The number of rotatable bonds is 3. The molecule has 1 aromatic heterocycles. The van der Waals surface area contributed by atoms with Crippen molar-refractivity contribution in [3.8, 4) is 0 Å². The molecule has 0 amide bonds. The van der Waals surface area contributed by atoms with Gasteiger partial charge in [0.25, 0.3) is 0 Å². The summed E-state index contributed by atoms with van der Waals surface area (Å²) in [6.45, 7) is 1.48. The van der Waals surface area contributed by atoms with Gasteiger partial charge in [0.2, 0.25) is 0 Å². The Morgan fingerprint density at radius 2 is 1.95 bits per heavy atom. The highest BCUT2D eigenvalue weighted by molar-refractivity contribution is 7.98. The zero-order chi connectivity index (χ0) is 14.0. The van der Waals surface area contributed by atoms with Gasteiger partial charge in [-0.2, -0.15) is 0 Å². The summed E-state index contributed by atoms with van der Waals surface area (Å²) in [6.07, 6.45) is 7.78. The van der Waals surface area contributed by atoms with Crippen LogP contribution in [-0.2, 0) is 9.47 Å². The highest BCUT2D eigenvalue weighted by Gasteiger charge is 2.41. The van der Waals surface area contributed by atoms with E-state index in [4.69, 9.17) is 9.47 Å². The zero-order valence-corrected chi connectivity index (χ0v) is 12.9. The van der Waals surface area contributed by atoms with Crippen LogP contribution >= 0.6 is 11.8 Å². The first-order valence-corrected chi connectivity index (χ1v) is 8.32. The Morgan fingerprint density at radius 3 is 2.60 bits per heavy atom. The fraction of sp³-hybridized carbons (Fsp3) is 0.714. The SMILES string of the molecule is CSc1cc(N(C)C2CCC3(CC2)OCCO3)ncn1. The van der Waals surface area contributed by atoms with Crippen LogP contribution in [0.3, 0.4) is 0 Å². The van der Waals surface area contributed by atoms with Crippen molar-refractivity contribution in [3.05, 3.63) is 12.4 Å². The van der Waals surface area contributed by atoms with Crippen LogP contribution in [0.15, 0.2) is 17.4 Å². The summed E-state index contributed by atoms with van der Waals surface area (Å²) in [6, 6.07) is 2.55. The third kappa shape index (κ3) is 2.77. The molecule has 1 aliphatic carbocycles. The molecule has 2 aliphatic rings. The molecule has 0 N–H and O–H groups in total. The van der Waals surface area contributed by atoms with Crippen molar-refractivity contribution in [3.63, 3.8) is 0 Å². The summed E-state index contributed by atoms with van der Waals surface area (Å²) < 4.78 is 11.6. The third-order valence-electron chi connectivity index (χ3n) is 4.28. The number of ether oxygens (including phenoxy) is 2. The van der Waals surface area contributed by atoms with E-state index < -0.39 is 0 Å². The molecule has 3 rings (SSSR count). The van der Waals surface area contributed by atoms with Crippen LogP contribution in [0.4, 0.5) is 5.82 Å². The first-order valence-electron chi connectivity index (χ1n) is 7.09. The predicted molar refractivity (Wildman–Crippen MR) is 79.1 cm³/mol. The average molecular weight is 295 g/mol. The molecule has 0 radical (unpaired) electrons. The minimum absolute atomic E-state index is 0.284. The first kappa shape index (κ1) is 14.1. The Hall–Kier alpha value is -0.850. The summed E-state index contributed by atoms with van der Waals surface area (Å²) in [5.41, 5.74) is 0. The van der Waals surface area contributed by atoms with Crippen LogP contribution in [0.1, 0.15) is 25.7 Å². The third-order valence-corrected chi connectivity index (χ3v) is 4.92. The topological polar surface area (TPSA) is 47.5 Å². The first-order chi connectivity index (χ1) is 9.72. The van der Waals surface area contributed by atoms with Gasteiger partial charge in [-0.25, -0.2) is 9.97 Å². The molecule has 0 atom stereocenters. The molecule has 1 aliphatic heterocycles. The maximum Gasteiger partial charge on any atom is 0.168 e. The molecule has 0 unspecified atom stereocenters. The summed E-state index contributed by atoms with van der Waals surface area (Å²) in [4.78, 5) is 10.9. The second-order valence-electron chi connectivity index (χ2n) is 5.37. The van der Waals surface area contributed by atoms with Crippen molar-refractivity contribution >= 4 is 17.6 Å². The van der Waals surface area contributed by atoms with Gasteiger partial charge in [-0.3, -0.25) is 0 Å². The minimum atomic E-state index is -0.284. The van der Waals surface area contributed by atoms with Crippen LogP contribution in [0.5, 0.6) is 0 Å². The largest absolute Gasteiger partial charge is 0.357 e. The van der Waals surface area contributed by atoms with E-state index in [-0.39, 0.29) is 5.79 Å². The van der Waals surface area contributed by atoms with Crippen LogP contribution in [-0.4, -0.2) is 48.3 Å². The van der Waals surface area contributed by atoms with E-state index >= 15 is 0 Å². The monoisotopic (exact) mass is 295 g/mol. The van der Waals surface area contributed by atoms with Gasteiger partial charge in [0.05, 0.1) is 13.2 Å². The molecule has 1 spiro atoms. The van der Waals surface area contributed by atoms with Crippen molar-refractivity contribution in [1.29, 1.82) is 0 Å². The van der Waals surface area contributed by atoms with E-state index in [9.17, 15) is 0 Å². The molecule has 1 aromatic rings. The molecular formula is C14H21N3O2S. The quantitative estimate of drug-likeness (QED) is 0.630. The van der Waals surface area contributed by atoms with Gasteiger partial charge < -0.3 is 14.4 Å². The molecule has 110 valence electrons. The molecule has 20 heavy (non-hydrogen) atoms. The molecule has 2 fully saturated rings. The number of thioether (sulfide) groups is 1. The number of aromatic nitrogens is 2. The highest BCUT2D eigenvalue weighted by atomic mass is 32.2. The highest BCUT2D eigenvalue weighted by Crippen LogP contribution is 2.37. The Labute approximate surface area is 124 Å². The Kier molecular flexibility index (Phi) is 4.14. The maximum absolute atomic E-state index is 5.78.